The summed E-state index contributed by atoms with van der Waals surface area (Å²) in [6, 6.07) is 0. The highest BCUT2D eigenvalue weighted by Crippen LogP contribution is 2.68. The Balaban J connectivity index is 2.37. The summed E-state index contributed by atoms with van der Waals surface area (Å²) >= 11 is 5.89. The molecule has 0 aromatic carbocycles. The molecule has 2 aliphatic carbocycles. The first-order valence-electron chi connectivity index (χ1n) is 4.35. The van der Waals surface area contributed by atoms with Crippen LogP contribution in [0, 0.1) is 17.3 Å². The van der Waals surface area contributed by atoms with Crippen molar-refractivity contribution < 1.29 is 4.79 Å². The molecule has 2 atom stereocenters. The van der Waals surface area contributed by atoms with E-state index in [1.54, 1.807) is 0 Å². The van der Waals surface area contributed by atoms with E-state index in [1.807, 2.05) is 6.92 Å². The number of allylic oxidation sites excluding steroid dienone is 2. The zero-order valence-electron chi connectivity index (χ0n) is 7.65. The zero-order chi connectivity index (χ0) is 9.09. The van der Waals surface area contributed by atoms with Gasteiger partial charge >= 0.3 is 0 Å². The van der Waals surface area contributed by atoms with E-state index < -0.39 is 0 Å². The first kappa shape index (κ1) is 8.31. The highest BCUT2D eigenvalue weighted by atomic mass is 35.5. The van der Waals surface area contributed by atoms with Gasteiger partial charge in [0, 0.05) is 17.0 Å². The van der Waals surface area contributed by atoms with Crippen molar-refractivity contribution in [1.29, 1.82) is 0 Å². The molecule has 2 aliphatic rings. The topological polar surface area (TPSA) is 17.1 Å². The Morgan fingerprint density at radius 1 is 1.58 bits per heavy atom. The SMILES string of the molecule is C/C(Cl)=C1/C(=O)CC2C1C2(C)C. The van der Waals surface area contributed by atoms with E-state index >= 15 is 0 Å². The molecule has 0 aliphatic heterocycles. The number of carbonyl (C=O) groups excluding carboxylic acids is 1. The van der Waals surface area contributed by atoms with Crippen molar-refractivity contribution in [2.75, 3.05) is 0 Å². The van der Waals surface area contributed by atoms with Crippen LogP contribution in [0.15, 0.2) is 10.6 Å². The van der Waals surface area contributed by atoms with Gasteiger partial charge in [-0.05, 0) is 24.2 Å². The van der Waals surface area contributed by atoms with Crippen molar-refractivity contribution in [1.82, 2.24) is 0 Å². The molecule has 2 heteroatoms. The summed E-state index contributed by atoms with van der Waals surface area (Å²) in [5.41, 5.74) is 1.24. The second kappa shape index (κ2) is 2.14. The molecule has 66 valence electrons. The third kappa shape index (κ3) is 0.832. The molecule has 0 spiro atoms. The first-order chi connectivity index (χ1) is 5.46. The van der Waals surface area contributed by atoms with E-state index in [2.05, 4.69) is 13.8 Å². The maximum absolute atomic E-state index is 11.4. The second-order valence-corrected chi connectivity index (χ2v) is 5.05. The lowest BCUT2D eigenvalue weighted by molar-refractivity contribution is -0.115. The van der Waals surface area contributed by atoms with Gasteiger partial charge in [0.1, 0.15) is 0 Å². The highest BCUT2D eigenvalue weighted by molar-refractivity contribution is 6.32. The van der Waals surface area contributed by atoms with E-state index in [-0.39, 0.29) is 5.78 Å². The molecule has 0 radical (unpaired) electrons. The number of hydrogen-bond acceptors (Lipinski definition) is 1. The Morgan fingerprint density at radius 3 is 2.50 bits per heavy atom. The molecule has 0 heterocycles. The average Bonchev–Trinajstić information content (AvgIpc) is 2.40. The van der Waals surface area contributed by atoms with E-state index in [0.29, 0.717) is 22.3 Å². The zero-order valence-corrected chi connectivity index (χ0v) is 8.40. The summed E-state index contributed by atoms with van der Waals surface area (Å²) in [6.07, 6.45) is 0.719. The van der Waals surface area contributed by atoms with Crippen molar-refractivity contribution in [3.8, 4) is 0 Å². The van der Waals surface area contributed by atoms with Crippen molar-refractivity contribution in [3.63, 3.8) is 0 Å². The van der Waals surface area contributed by atoms with Crippen LogP contribution in [0.3, 0.4) is 0 Å². The fraction of sp³-hybridized carbons (Fsp3) is 0.700. The first-order valence-corrected chi connectivity index (χ1v) is 4.73. The summed E-state index contributed by atoms with van der Waals surface area (Å²) in [5, 5.41) is 0.707. The number of rotatable bonds is 0. The summed E-state index contributed by atoms with van der Waals surface area (Å²) in [6.45, 7) is 6.26. The van der Waals surface area contributed by atoms with Gasteiger partial charge in [-0.25, -0.2) is 0 Å². The third-order valence-corrected chi connectivity index (χ3v) is 3.64. The van der Waals surface area contributed by atoms with Gasteiger partial charge in [0.2, 0.25) is 0 Å². The van der Waals surface area contributed by atoms with Crippen LogP contribution in [0.4, 0.5) is 0 Å². The van der Waals surface area contributed by atoms with Gasteiger partial charge < -0.3 is 0 Å². The van der Waals surface area contributed by atoms with Crippen LogP contribution in [0.2, 0.25) is 0 Å². The lowest BCUT2D eigenvalue weighted by Crippen LogP contribution is -2.08. The van der Waals surface area contributed by atoms with Gasteiger partial charge in [-0.2, -0.15) is 0 Å². The third-order valence-electron chi connectivity index (χ3n) is 3.44. The molecule has 2 unspecified atom stereocenters. The van der Waals surface area contributed by atoms with E-state index in [9.17, 15) is 4.79 Å². The summed E-state index contributed by atoms with van der Waals surface area (Å²) in [5.74, 6) is 1.31. The maximum atomic E-state index is 11.4. The fourth-order valence-corrected chi connectivity index (χ4v) is 2.81. The predicted molar refractivity (Wildman–Crippen MR) is 48.9 cm³/mol. The minimum atomic E-state index is 0.275. The number of halogens is 1. The smallest absolute Gasteiger partial charge is 0.160 e. The molecular formula is C10H13ClO. The monoisotopic (exact) mass is 184 g/mol. The van der Waals surface area contributed by atoms with E-state index in [0.717, 1.165) is 12.0 Å². The number of hydrogen-bond donors (Lipinski definition) is 0. The molecule has 2 fully saturated rings. The van der Waals surface area contributed by atoms with Crippen LogP contribution in [0.5, 0.6) is 0 Å². The average molecular weight is 185 g/mol. The summed E-state index contributed by atoms with van der Waals surface area (Å²) in [4.78, 5) is 11.4. The standard InChI is InChI=1S/C10H13ClO/c1-5(11)8-7(12)4-6-9(8)10(6,2)3/h6,9H,4H2,1-3H3/b8-5+. The maximum Gasteiger partial charge on any atom is 0.160 e. The largest absolute Gasteiger partial charge is 0.294 e. The van der Waals surface area contributed by atoms with Crippen molar-refractivity contribution in [3.05, 3.63) is 10.6 Å². The van der Waals surface area contributed by atoms with Gasteiger partial charge in [0.25, 0.3) is 0 Å². The van der Waals surface area contributed by atoms with E-state index in [4.69, 9.17) is 11.6 Å². The minimum absolute atomic E-state index is 0.275. The van der Waals surface area contributed by atoms with E-state index in [1.165, 1.54) is 0 Å². The molecule has 0 bridgehead atoms. The molecule has 2 rings (SSSR count). The van der Waals surface area contributed by atoms with Gasteiger partial charge in [-0.3, -0.25) is 4.79 Å². The van der Waals surface area contributed by atoms with Crippen LogP contribution >= 0.6 is 11.6 Å². The summed E-state index contributed by atoms with van der Waals surface area (Å²) < 4.78 is 0. The molecule has 0 N–H and O–H groups in total. The number of carbonyl (C=O) groups is 1. The molecular weight excluding hydrogens is 172 g/mol. The van der Waals surface area contributed by atoms with Crippen molar-refractivity contribution in [2.24, 2.45) is 17.3 Å². The van der Waals surface area contributed by atoms with Gasteiger partial charge in [-0.15, -0.1) is 0 Å². The predicted octanol–water partition coefficient (Wildman–Crippen LogP) is 2.74. The lowest BCUT2D eigenvalue weighted by Gasteiger charge is -2.09. The van der Waals surface area contributed by atoms with Crippen LogP contribution in [0.25, 0.3) is 0 Å². The fourth-order valence-electron chi connectivity index (χ4n) is 2.59. The molecule has 12 heavy (non-hydrogen) atoms. The Hall–Kier alpha value is -0.300. The van der Waals surface area contributed by atoms with Crippen molar-refractivity contribution >= 4 is 17.4 Å². The second-order valence-electron chi connectivity index (χ2n) is 4.48. The number of fused-ring (bicyclic) bond motifs is 1. The molecule has 1 nitrogen and oxygen atoms in total. The molecule has 2 saturated carbocycles. The van der Waals surface area contributed by atoms with Crippen LogP contribution in [-0.2, 0) is 4.79 Å². The molecule has 0 aromatic heterocycles. The van der Waals surface area contributed by atoms with Crippen molar-refractivity contribution in [2.45, 2.75) is 27.2 Å². The Labute approximate surface area is 77.8 Å². The molecule has 0 amide bonds. The minimum Gasteiger partial charge on any atom is -0.294 e. The van der Waals surface area contributed by atoms with Crippen LogP contribution < -0.4 is 0 Å². The normalized spacial score (nSPS) is 41.2. The number of Topliss-reactive ketones (excluding diaryl/α,β-unsaturated/α-hetero) is 1. The van der Waals surface area contributed by atoms with Crippen LogP contribution in [-0.4, -0.2) is 5.78 Å². The van der Waals surface area contributed by atoms with Gasteiger partial charge in [0.05, 0.1) is 0 Å². The van der Waals surface area contributed by atoms with Crippen LogP contribution in [0.1, 0.15) is 27.2 Å². The Bertz CT molecular complexity index is 284. The highest BCUT2D eigenvalue weighted by Gasteiger charge is 2.65. The Morgan fingerprint density at radius 2 is 2.17 bits per heavy atom. The molecule has 0 saturated heterocycles. The lowest BCUT2D eigenvalue weighted by atomic mass is 9.96. The van der Waals surface area contributed by atoms with Gasteiger partial charge in [-0.1, -0.05) is 25.4 Å². The summed E-state index contributed by atoms with van der Waals surface area (Å²) in [7, 11) is 0. The molecule has 0 aromatic rings. The van der Waals surface area contributed by atoms with Gasteiger partial charge in [0.15, 0.2) is 5.78 Å². The Kier molecular flexibility index (Phi) is 1.48. The quantitative estimate of drug-likeness (QED) is 0.529. The number of ketones is 1.